The summed E-state index contributed by atoms with van der Waals surface area (Å²) in [6.45, 7) is 4.92. The third-order valence-corrected chi connectivity index (χ3v) is 7.51. The van der Waals surface area contributed by atoms with Gasteiger partial charge in [-0.15, -0.1) is 11.8 Å². The number of hydrogen-bond donors (Lipinski definition) is 1. The van der Waals surface area contributed by atoms with Gasteiger partial charge in [-0.05, 0) is 36.6 Å². The normalized spacial score (nSPS) is 26.5. The number of carbonyl (C=O) groups is 3. The molecule has 3 amide bonds. The molecule has 0 radical (unpaired) electrons. The maximum Gasteiger partial charge on any atom is 0.244 e. The fourth-order valence-corrected chi connectivity index (χ4v) is 5.31. The van der Waals surface area contributed by atoms with Crippen LogP contribution in [-0.4, -0.2) is 60.0 Å². The molecule has 1 saturated carbocycles. The zero-order valence-electron chi connectivity index (χ0n) is 18.4. The van der Waals surface area contributed by atoms with Gasteiger partial charge in [0, 0.05) is 31.0 Å². The van der Waals surface area contributed by atoms with E-state index in [1.165, 1.54) is 11.3 Å². The Morgan fingerprint density at radius 1 is 1.23 bits per heavy atom. The van der Waals surface area contributed by atoms with E-state index in [4.69, 9.17) is 0 Å². The first-order chi connectivity index (χ1) is 14.3. The first-order valence-corrected chi connectivity index (χ1v) is 12.0. The van der Waals surface area contributed by atoms with Crippen LogP contribution in [0.4, 0.5) is 5.69 Å². The summed E-state index contributed by atoms with van der Waals surface area (Å²) in [6, 6.07) is 7.83. The van der Waals surface area contributed by atoms with Gasteiger partial charge in [0.2, 0.25) is 17.7 Å². The zero-order chi connectivity index (χ0) is 21.8. The molecule has 164 valence electrons. The van der Waals surface area contributed by atoms with Crippen LogP contribution in [0.15, 0.2) is 29.2 Å². The van der Waals surface area contributed by atoms with Crippen molar-refractivity contribution in [3.8, 4) is 0 Å². The van der Waals surface area contributed by atoms with Crippen LogP contribution in [0.2, 0.25) is 0 Å². The number of benzene rings is 1. The molecule has 4 atom stereocenters. The molecule has 0 unspecified atom stereocenters. The van der Waals surface area contributed by atoms with Crippen LogP contribution in [0.25, 0.3) is 0 Å². The summed E-state index contributed by atoms with van der Waals surface area (Å²) in [6.07, 6.45) is 5.57. The van der Waals surface area contributed by atoms with Crippen molar-refractivity contribution in [3.63, 3.8) is 0 Å². The van der Waals surface area contributed by atoms with Gasteiger partial charge >= 0.3 is 0 Å². The topological polar surface area (TPSA) is 69.7 Å². The van der Waals surface area contributed by atoms with E-state index < -0.39 is 0 Å². The van der Waals surface area contributed by atoms with Crippen molar-refractivity contribution in [1.29, 1.82) is 0 Å². The predicted octanol–water partition coefficient (Wildman–Crippen LogP) is 3.48. The van der Waals surface area contributed by atoms with E-state index in [0.29, 0.717) is 18.4 Å². The average molecular weight is 432 g/mol. The van der Waals surface area contributed by atoms with Crippen molar-refractivity contribution in [3.05, 3.63) is 24.3 Å². The molecule has 7 heteroatoms. The number of amides is 3. The van der Waals surface area contributed by atoms with Crippen molar-refractivity contribution in [1.82, 2.24) is 9.80 Å². The number of carbonyl (C=O) groups excluding carboxylic acids is 3. The molecule has 1 aromatic carbocycles. The van der Waals surface area contributed by atoms with Crippen LogP contribution in [0.5, 0.6) is 0 Å². The number of likely N-dealkylation sites (N-methyl/N-ethyl adjacent to an activating group) is 1. The molecule has 1 N–H and O–H groups in total. The van der Waals surface area contributed by atoms with Gasteiger partial charge in [0.15, 0.2) is 0 Å². The Morgan fingerprint density at radius 2 is 1.97 bits per heavy atom. The first-order valence-electron chi connectivity index (χ1n) is 10.8. The minimum atomic E-state index is -0.363. The molecule has 1 aromatic rings. The molecular weight excluding hydrogens is 398 g/mol. The fraction of sp³-hybridized carbons (Fsp3) is 0.609. The molecule has 1 aliphatic heterocycles. The number of para-hydroxylation sites is 1. The lowest BCUT2D eigenvalue weighted by Gasteiger charge is -2.40. The van der Waals surface area contributed by atoms with E-state index in [1.54, 1.807) is 18.8 Å². The summed E-state index contributed by atoms with van der Waals surface area (Å²) >= 11 is 1.56. The summed E-state index contributed by atoms with van der Waals surface area (Å²) in [4.78, 5) is 42.4. The quantitative estimate of drug-likeness (QED) is 0.700. The Hall–Kier alpha value is -2.02. The SMILES string of the molecule is CSc1ccccc1NC(=O)CN(C)C(=O)[C@@H]1CC(=O)N([C@H]2CCC[C@@H](C)[C@H]2C)C1. The summed E-state index contributed by atoms with van der Waals surface area (Å²) in [5.41, 5.74) is 0.749. The third kappa shape index (κ3) is 4.99. The Labute approximate surface area is 183 Å². The maximum atomic E-state index is 12.9. The summed E-state index contributed by atoms with van der Waals surface area (Å²) in [7, 11) is 1.64. The smallest absolute Gasteiger partial charge is 0.244 e. The van der Waals surface area contributed by atoms with Crippen LogP contribution in [-0.2, 0) is 14.4 Å². The van der Waals surface area contributed by atoms with Gasteiger partial charge < -0.3 is 15.1 Å². The standard InChI is InChI=1S/C23H33N3O3S/c1-15-8-7-10-19(16(15)2)26-13-17(12-22(26)28)23(29)25(3)14-21(27)24-18-9-5-6-11-20(18)30-4/h5-6,9,11,15-17,19H,7-8,10,12-14H2,1-4H3,(H,24,27)/t15-,16-,17-,19+/m1/s1. The van der Waals surface area contributed by atoms with E-state index in [1.807, 2.05) is 35.4 Å². The largest absolute Gasteiger partial charge is 0.339 e. The molecule has 1 heterocycles. The number of nitrogens with zero attached hydrogens (tertiary/aromatic N) is 2. The molecule has 1 saturated heterocycles. The Morgan fingerprint density at radius 3 is 2.70 bits per heavy atom. The Bertz CT molecular complexity index is 800. The highest BCUT2D eigenvalue weighted by Crippen LogP contribution is 2.36. The molecule has 6 nitrogen and oxygen atoms in total. The number of hydrogen-bond acceptors (Lipinski definition) is 4. The lowest BCUT2D eigenvalue weighted by molar-refractivity contribution is -0.137. The average Bonchev–Trinajstić information content (AvgIpc) is 3.11. The van der Waals surface area contributed by atoms with Gasteiger partial charge in [-0.2, -0.15) is 0 Å². The Kier molecular flexibility index (Phi) is 7.45. The van der Waals surface area contributed by atoms with Crippen molar-refractivity contribution in [2.45, 2.75) is 50.5 Å². The first kappa shape index (κ1) is 22.7. The highest BCUT2D eigenvalue weighted by Gasteiger charge is 2.42. The van der Waals surface area contributed by atoms with E-state index in [9.17, 15) is 14.4 Å². The maximum absolute atomic E-state index is 12.9. The van der Waals surface area contributed by atoms with Crippen molar-refractivity contribution in [2.75, 3.05) is 31.7 Å². The highest BCUT2D eigenvalue weighted by atomic mass is 32.2. The van der Waals surface area contributed by atoms with Crippen LogP contribution >= 0.6 is 11.8 Å². The summed E-state index contributed by atoms with van der Waals surface area (Å²) in [5.74, 6) is 0.404. The number of likely N-dealkylation sites (tertiary alicyclic amines) is 1. The Balaban J connectivity index is 1.57. The van der Waals surface area contributed by atoms with E-state index >= 15 is 0 Å². The van der Waals surface area contributed by atoms with Gasteiger partial charge in [0.25, 0.3) is 0 Å². The molecule has 30 heavy (non-hydrogen) atoms. The molecular formula is C23H33N3O3S. The second-order valence-corrected chi connectivity index (χ2v) is 9.57. The molecule has 0 aromatic heterocycles. The number of nitrogens with one attached hydrogen (secondary N) is 1. The van der Waals surface area contributed by atoms with E-state index in [0.717, 1.165) is 23.4 Å². The van der Waals surface area contributed by atoms with Gasteiger partial charge in [-0.3, -0.25) is 14.4 Å². The fourth-order valence-electron chi connectivity index (χ4n) is 4.75. The molecule has 2 fully saturated rings. The number of rotatable bonds is 6. The van der Waals surface area contributed by atoms with Gasteiger partial charge in [-0.1, -0.05) is 38.8 Å². The monoisotopic (exact) mass is 431 g/mol. The second kappa shape index (κ2) is 9.86. The van der Waals surface area contributed by atoms with Gasteiger partial charge in [-0.25, -0.2) is 0 Å². The zero-order valence-corrected chi connectivity index (χ0v) is 19.2. The molecule has 0 bridgehead atoms. The van der Waals surface area contributed by atoms with Crippen LogP contribution < -0.4 is 5.32 Å². The molecule has 2 aliphatic rings. The van der Waals surface area contributed by atoms with Crippen LogP contribution in [0.3, 0.4) is 0 Å². The predicted molar refractivity (Wildman–Crippen MR) is 120 cm³/mol. The molecule has 1 aliphatic carbocycles. The molecule has 0 spiro atoms. The van der Waals surface area contributed by atoms with Crippen molar-refractivity contribution < 1.29 is 14.4 Å². The van der Waals surface area contributed by atoms with E-state index in [2.05, 4.69) is 19.2 Å². The third-order valence-electron chi connectivity index (χ3n) is 6.71. The molecule has 3 rings (SSSR count). The second-order valence-electron chi connectivity index (χ2n) is 8.72. The van der Waals surface area contributed by atoms with Crippen molar-refractivity contribution in [2.24, 2.45) is 17.8 Å². The van der Waals surface area contributed by atoms with Gasteiger partial charge in [0.05, 0.1) is 18.2 Å². The van der Waals surface area contributed by atoms with Crippen LogP contribution in [0.1, 0.15) is 39.5 Å². The summed E-state index contributed by atoms with van der Waals surface area (Å²) in [5, 5.41) is 2.89. The number of anilines is 1. The number of thioether (sulfide) groups is 1. The minimum absolute atomic E-state index is 0.0247. The highest BCUT2D eigenvalue weighted by molar-refractivity contribution is 7.98. The van der Waals surface area contributed by atoms with E-state index in [-0.39, 0.29) is 42.6 Å². The lowest BCUT2D eigenvalue weighted by atomic mass is 9.77. The lowest BCUT2D eigenvalue weighted by Crippen LogP contribution is -2.45. The minimum Gasteiger partial charge on any atom is -0.339 e. The summed E-state index contributed by atoms with van der Waals surface area (Å²) < 4.78 is 0. The van der Waals surface area contributed by atoms with Crippen molar-refractivity contribution >= 4 is 35.2 Å². The van der Waals surface area contributed by atoms with Crippen LogP contribution in [0, 0.1) is 17.8 Å². The van der Waals surface area contributed by atoms with Gasteiger partial charge in [0.1, 0.15) is 0 Å².